The van der Waals surface area contributed by atoms with Crippen LogP contribution in [0.15, 0.2) is 41.9 Å². The van der Waals surface area contributed by atoms with Gasteiger partial charge in [0.25, 0.3) is 5.91 Å². The number of amides is 1. The minimum absolute atomic E-state index is 0.285. The lowest BCUT2D eigenvalue weighted by Gasteiger charge is -2.18. The van der Waals surface area contributed by atoms with Crippen LogP contribution in [-0.2, 0) is 0 Å². The Labute approximate surface area is 152 Å². The maximum Gasteiger partial charge on any atom is 0.259 e. The van der Waals surface area contributed by atoms with Gasteiger partial charge in [0.2, 0.25) is 0 Å². The van der Waals surface area contributed by atoms with Crippen molar-refractivity contribution < 1.29 is 14.3 Å². The van der Waals surface area contributed by atoms with E-state index in [0.717, 1.165) is 17.0 Å². The van der Waals surface area contributed by atoms with Gasteiger partial charge in [-0.25, -0.2) is 9.97 Å². The summed E-state index contributed by atoms with van der Waals surface area (Å²) in [6.45, 7) is 1.09. The molecule has 1 aliphatic heterocycles. The maximum atomic E-state index is 12.2. The molecule has 0 radical (unpaired) electrons. The van der Waals surface area contributed by atoms with Crippen molar-refractivity contribution in [1.29, 1.82) is 0 Å². The first-order valence-electron chi connectivity index (χ1n) is 7.47. The summed E-state index contributed by atoms with van der Waals surface area (Å²) in [5, 5.41) is 5.48. The average molecular weight is 374 g/mol. The van der Waals surface area contributed by atoms with Gasteiger partial charge in [0, 0.05) is 17.1 Å². The van der Waals surface area contributed by atoms with Gasteiger partial charge in [-0.1, -0.05) is 11.6 Å². The summed E-state index contributed by atoms with van der Waals surface area (Å²) in [5.41, 5.74) is 2.07. The first-order chi connectivity index (χ1) is 12.2. The van der Waals surface area contributed by atoms with Gasteiger partial charge < -0.3 is 9.47 Å². The van der Waals surface area contributed by atoms with Gasteiger partial charge in [-0.05, 0) is 30.3 Å². The van der Waals surface area contributed by atoms with Crippen LogP contribution in [-0.4, -0.2) is 29.1 Å². The molecule has 0 bridgehead atoms. The van der Waals surface area contributed by atoms with E-state index in [4.69, 9.17) is 21.1 Å². The van der Waals surface area contributed by atoms with E-state index in [1.54, 1.807) is 12.1 Å². The standard InChI is InChI=1S/C17H12ClN3O3S/c18-15-4-2-11(8-19-15)16(22)21-17-20-12(9-25-17)10-1-3-13-14(7-10)24-6-5-23-13/h1-4,7-9H,5-6H2,(H,20,21,22). The van der Waals surface area contributed by atoms with Crippen molar-refractivity contribution >= 4 is 34.0 Å². The molecule has 6 nitrogen and oxygen atoms in total. The lowest BCUT2D eigenvalue weighted by molar-refractivity contribution is 0.102. The number of thiazole rings is 1. The summed E-state index contributed by atoms with van der Waals surface area (Å²) < 4.78 is 11.1. The van der Waals surface area contributed by atoms with Crippen LogP contribution in [0.4, 0.5) is 5.13 Å². The van der Waals surface area contributed by atoms with E-state index >= 15 is 0 Å². The predicted octanol–water partition coefficient (Wildman–Crippen LogP) is 3.88. The Morgan fingerprint density at radius 2 is 2.00 bits per heavy atom. The maximum absolute atomic E-state index is 12.2. The average Bonchev–Trinajstić information content (AvgIpc) is 3.10. The molecule has 25 heavy (non-hydrogen) atoms. The second kappa shape index (κ2) is 6.70. The Morgan fingerprint density at radius 1 is 1.16 bits per heavy atom. The normalized spacial score (nSPS) is 12.7. The number of carbonyl (C=O) groups is 1. The summed E-state index contributed by atoms with van der Waals surface area (Å²) in [6.07, 6.45) is 1.42. The number of fused-ring (bicyclic) bond motifs is 1. The molecule has 1 aliphatic rings. The highest BCUT2D eigenvalue weighted by Gasteiger charge is 2.15. The highest BCUT2D eigenvalue weighted by molar-refractivity contribution is 7.14. The van der Waals surface area contributed by atoms with Gasteiger partial charge in [-0.3, -0.25) is 10.1 Å². The molecule has 0 saturated heterocycles. The smallest absolute Gasteiger partial charge is 0.259 e. The molecule has 1 aromatic carbocycles. The van der Waals surface area contributed by atoms with Crippen LogP contribution in [0.3, 0.4) is 0 Å². The highest BCUT2D eigenvalue weighted by atomic mass is 35.5. The second-order valence-corrected chi connectivity index (χ2v) is 6.47. The van der Waals surface area contributed by atoms with Gasteiger partial charge in [0.1, 0.15) is 18.4 Å². The van der Waals surface area contributed by atoms with Crippen molar-refractivity contribution in [3.63, 3.8) is 0 Å². The molecule has 126 valence electrons. The Bertz CT molecular complexity index is 927. The zero-order chi connectivity index (χ0) is 17.2. The molecule has 0 unspecified atom stereocenters. The fourth-order valence-electron chi connectivity index (χ4n) is 2.35. The largest absolute Gasteiger partial charge is 0.486 e. The zero-order valence-corrected chi connectivity index (χ0v) is 14.4. The quantitative estimate of drug-likeness (QED) is 0.705. The molecule has 8 heteroatoms. The van der Waals surface area contributed by atoms with Gasteiger partial charge in [-0.2, -0.15) is 0 Å². The van der Waals surface area contributed by atoms with Gasteiger partial charge in [0.05, 0.1) is 11.3 Å². The highest BCUT2D eigenvalue weighted by Crippen LogP contribution is 2.35. The van der Waals surface area contributed by atoms with Crippen molar-refractivity contribution in [2.75, 3.05) is 18.5 Å². The van der Waals surface area contributed by atoms with E-state index in [1.807, 2.05) is 23.6 Å². The monoisotopic (exact) mass is 373 g/mol. The third kappa shape index (κ3) is 3.42. The number of nitrogens with one attached hydrogen (secondary N) is 1. The number of rotatable bonds is 3. The van der Waals surface area contributed by atoms with Crippen LogP contribution < -0.4 is 14.8 Å². The molecule has 0 fully saturated rings. The minimum Gasteiger partial charge on any atom is -0.486 e. The summed E-state index contributed by atoms with van der Waals surface area (Å²) in [4.78, 5) is 20.6. The number of anilines is 1. The van der Waals surface area contributed by atoms with Crippen LogP contribution in [0.5, 0.6) is 11.5 Å². The van der Waals surface area contributed by atoms with E-state index in [1.165, 1.54) is 17.5 Å². The number of benzene rings is 1. The number of aromatic nitrogens is 2. The van der Waals surface area contributed by atoms with E-state index in [-0.39, 0.29) is 5.91 Å². The molecular weight excluding hydrogens is 362 g/mol. The minimum atomic E-state index is -0.285. The predicted molar refractivity (Wildman–Crippen MR) is 95.7 cm³/mol. The molecule has 3 heterocycles. The van der Waals surface area contributed by atoms with Crippen LogP contribution >= 0.6 is 22.9 Å². The van der Waals surface area contributed by atoms with Crippen molar-refractivity contribution in [3.05, 3.63) is 52.6 Å². The van der Waals surface area contributed by atoms with E-state index in [0.29, 0.717) is 34.8 Å². The Balaban J connectivity index is 1.52. The number of halogens is 1. The molecule has 2 aromatic heterocycles. The van der Waals surface area contributed by atoms with Crippen molar-refractivity contribution in [2.45, 2.75) is 0 Å². The van der Waals surface area contributed by atoms with Gasteiger partial charge >= 0.3 is 0 Å². The number of hydrogen-bond acceptors (Lipinski definition) is 6. The SMILES string of the molecule is O=C(Nc1nc(-c2ccc3c(c2)OCCO3)cs1)c1ccc(Cl)nc1. The van der Waals surface area contributed by atoms with Gasteiger partial charge in [0.15, 0.2) is 16.6 Å². The zero-order valence-electron chi connectivity index (χ0n) is 12.9. The fraction of sp³-hybridized carbons (Fsp3) is 0.118. The fourth-order valence-corrected chi connectivity index (χ4v) is 3.17. The van der Waals surface area contributed by atoms with Crippen molar-refractivity contribution in [2.24, 2.45) is 0 Å². The number of pyridine rings is 1. The Kier molecular flexibility index (Phi) is 4.25. The molecule has 0 aliphatic carbocycles. The van der Waals surface area contributed by atoms with Crippen LogP contribution in [0.1, 0.15) is 10.4 Å². The third-order valence-corrected chi connectivity index (χ3v) is 4.53. The summed E-state index contributed by atoms with van der Waals surface area (Å²) >= 11 is 7.07. The van der Waals surface area contributed by atoms with Crippen molar-refractivity contribution in [1.82, 2.24) is 9.97 Å². The first-order valence-corrected chi connectivity index (χ1v) is 8.73. The summed E-state index contributed by atoms with van der Waals surface area (Å²) in [7, 11) is 0. The van der Waals surface area contributed by atoms with Crippen LogP contribution in [0.2, 0.25) is 5.15 Å². The number of hydrogen-bond donors (Lipinski definition) is 1. The van der Waals surface area contributed by atoms with Crippen LogP contribution in [0, 0.1) is 0 Å². The summed E-state index contributed by atoms with van der Waals surface area (Å²) in [5.74, 6) is 1.15. The summed E-state index contributed by atoms with van der Waals surface area (Å²) in [6, 6.07) is 8.84. The molecule has 3 aromatic rings. The molecular formula is C17H12ClN3O3S. The number of ether oxygens (including phenoxy) is 2. The van der Waals surface area contributed by atoms with Crippen molar-refractivity contribution in [3.8, 4) is 22.8 Å². The number of nitrogens with zero attached hydrogens (tertiary/aromatic N) is 2. The Morgan fingerprint density at radius 3 is 2.80 bits per heavy atom. The number of carbonyl (C=O) groups excluding carboxylic acids is 1. The first kappa shape index (κ1) is 15.9. The van der Waals surface area contributed by atoms with Gasteiger partial charge in [-0.15, -0.1) is 11.3 Å². The molecule has 1 amide bonds. The van der Waals surface area contributed by atoms with E-state index in [9.17, 15) is 4.79 Å². The van der Waals surface area contributed by atoms with Crippen LogP contribution in [0.25, 0.3) is 11.3 Å². The van der Waals surface area contributed by atoms with E-state index < -0.39 is 0 Å². The van der Waals surface area contributed by atoms with E-state index in [2.05, 4.69) is 15.3 Å². The molecule has 0 spiro atoms. The molecule has 0 atom stereocenters. The lowest BCUT2D eigenvalue weighted by Crippen LogP contribution is -2.15. The topological polar surface area (TPSA) is 73.3 Å². The molecule has 4 rings (SSSR count). The second-order valence-electron chi connectivity index (χ2n) is 5.22. The molecule has 0 saturated carbocycles. The molecule has 1 N–H and O–H groups in total. The lowest BCUT2D eigenvalue weighted by atomic mass is 10.1. The third-order valence-electron chi connectivity index (χ3n) is 3.55. The Hall–Kier alpha value is -2.64.